The van der Waals surface area contributed by atoms with Crippen molar-refractivity contribution in [2.75, 3.05) is 5.32 Å². The first-order chi connectivity index (χ1) is 6.77. The lowest BCUT2D eigenvalue weighted by Gasteiger charge is -2.13. The van der Waals surface area contributed by atoms with Crippen molar-refractivity contribution in [2.24, 2.45) is 7.05 Å². The standard InChI is InChI=1S/C10H13N3S/c1-8(10-11-4-5-13(10)2)12-9-3-6-14-7-9/h3-8,12H,1-2H3. The molecule has 4 heteroatoms. The second kappa shape index (κ2) is 3.84. The Balaban J connectivity index is 2.10. The van der Waals surface area contributed by atoms with Crippen LogP contribution in [0.15, 0.2) is 29.2 Å². The predicted octanol–water partition coefficient (Wildman–Crippen LogP) is 2.65. The van der Waals surface area contributed by atoms with Crippen LogP contribution in [0.2, 0.25) is 0 Å². The molecule has 2 rings (SSSR count). The van der Waals surface area contributed by atoms with Gasteiger partial charge in [-0.1, -0.05) is 0 Å². The van der Waals surface area contributed by atoms with Crippen molar-refractivity contribution in [1.29, 1.82) is 0 Å². The van der Waals surface area contributed by atoms with Gasteiger partial charge in [-0.3, -0.25) is 0 Å². The number of aryl methyl sites for hydroxylation is 1. The van der Waals surface area contributed by atoms with Crippen molar-refractivity contribution in [3.8, 4) is 0 Å². The Kier molecular flexibility index (Phi) is 2.54. The van der Waals surface area contributed by atoms with Gasteiger partial charge in [0.25, 0.3) is 0 Å². The molecule has 0 aliphatic heterocycles. The van der Waals surface area contributed by atoms with Crippen LogP contribution in [0, 0.1) is 0 Å². The van der Waals surface area contributed by atoms with Crippen molar-refractivity contribution in [3.05, 3.63) is 35.0 Å². The van der Waals surface area contributed by atoms with E-state index < -0.39 is 0 Å². The van der Waals surface area contributed by atoms with E-state index in [4.69, 9.17) is 0 Å². The highest BCUT2D eigenvalue weighted by atomic mass is 32.1. The topological polar surface area (TPSA) is 29.9 Å². The number of nitrogens with one attached hydrogen (secondary N) is 1. The van der Waals surface area contributed by atoms with Crippen LogP contribution in [0.1, 0.15) is 18.8 Å². The molecular weight excluding hydrogens is 194 g/mol. The monoisotopic (exact) mass is 207 g/mol. The smallest absolute Gasteiger partial charge is 0.130 e. The zero-order valence-electron chi connectivity index (χ0n) is 8.27. The van der Waals surface area contributed by atoms with E-state index >= 15 is 0 Å². The normalized spacial score (nSPS) is 12.7. The number of hydrogen-bond donors (Lipinski definition) is 1. The zero-order chi connectivity index (χ0) is 9.97. The third-order valence-electron chi connectivity index (χ3n) is 2.15. The zero-order valence-corrected chi connectivity index (χ0v) is 9.08. The Morgan fingerprint density at radius 1 is 1.57 bits per heavy atom. The summed E-state index contributed by atoms with van der Waals surface area (Å²) in [6, 6.07) is 2.31. The van der Waals surface area contributed by atoms with Crippen molar-refractivity contribution in [2.45, 2.75) is 13.0 Å². The molecule has 0 aliphatic rings. The third kappa shape index (κ3) is 1.80. The molecule has 0 spiro atoms. The molecule has 2 aromatic rings. The fourth-order valence-electron chi connectivity index (χ4n) is 1.46. The number of anilines is 1. The summed E-state index contributed by atoms with van der Waals surface area (Å²) in [6.07, 6.45) is 3.78. The van der Waals surface area contributed by atoms with Crippen LogP contribution < -0.4 is 5.32 Å². The molecule has 0 fully saturated rings. The summed E-state index contributed by atoms with van der Waals surface area (Å²) in [4.78, 5) is 4.30. The fourth-order valence-corrected chi connectivity index (χ4v) is 2.05. The molecular formula is C10H13N3S. The maximum Gasteiger partial charge on any atom is 0.130 e. The van der Waals surface area contributed by atoms with Gasteiger partial charge in [0.05, 0.1) is 6.04 Å². The van der Waals surface area contributed by atoms with Crippen molar-refractivity contribution < 1.29 is 0 Å². The maximum atomic E-state index is 4.30. The summed E-state index contributed by atoms with van der Waals surface area (Å²) < 4.78 is 2.03. The number of hydrogen-bond acceptors (Lipinski definition) is 3. The van der Waals surface area contributed by atoms with Crippen molar-refractivity contribution in [3.63, 3.8) is 0 Å². The second-order valence-electron chi connectivity index (χ2n) is 3.27. The Bertz CT molecular complexity index is 391. The molecule has 1 N–H and O–H groups in total. The number of aromatic nitrogens is 2. The Labute approximate surface area is 87.4 Å². The molecule has 14 heavy (non-hydrogen) atoms. The van der Waals surface area contributed by atoms with Crippen LogP contribution in [0.3, 0.4) is 0 Å². The number of rotatable bonds is 3. The van der Waals surface area contributed by atoms with Gasteiger partial charge < -0.3 is 9.88 Å². The molecule has 0 saturated heterocycles. The van der Waals surface area contributed by atoms with Gasteiger partial charge in [-0.2, -0.15) is 11.3 Å². The molecule has 0 aromatic carbocycles. The fraction of sp³-hybridized carbons (Fsp3) is 0.300. The van der Waals surface area contributed by atoms with E-state index in [1.807, 2.05) is 24.0 Å². The van der Waals surface area contributed by atoms with Gasteiger partial charge in [-0.25, -0.2) is 4.98 Å². The Hall–Kier alpha value is -1.29. The van der Waals surface area contributed by atoms with Crippen LogP contribution in [0.4, 0.5) is 5.69 Å². The summed E-state index contributed by atoms with van der Waals surface area (Å²) in [5, 5.41) is 7.55. The van der Waals surface area contributed by atoms with E-state index in [9.17, 15) is 0 Å². The van der Waals surface area contributed by atoms with Crippen LogP contribution >= 0.6 is 11.3 Å². The number of thiophene rings is 1. The lowest BCUT2D eigenvalue weighted by molar-refractivity contribution is 0.722. The summed E-state index contributed by atoms with van der Waals surface area (Å²) in [6.45, 7) is 2.11. The van der Waals surface area contributed by atoms with E-state index in [1.54, 1.807) is 11.3 Å². The van der Waals surface area contributed by atoms with E-state index in [1.165, 1.54) is 0 Å². The summed E-state index contributed by atoms with van der Waals surface area (Å²) in [5.74, 6) is 1.05. The number of nitrogens with zero attached hydrogens (tertiary/aromatic N) is 2. The van der Waals surface area contributed by atoms with E-state index in [0.717, 1.165) is 11.5 Å². The van der Waals surface area contributed by atoms with Crippen molar-refractivity contribution >= 4 is 17.0 Å². The summed E-state index contributed by atoms with van der Waals surface area (Å²) in [7, 11) is 2.01. The first-order valence-corrected chi connectivity index (χ1v) is 5.47. The van der Waals surface area contributed by atoms with Crippen LogP contribution in [0.25, 0.3) is 0 Å². The van der Waals surface area contributed by atoms with Gasteiger partial charge in [0, 0.05) is 30.5 Å². The van der Waals surface area contributed by atoms with E-state index in [-0.39, 0.29) is 6.04 Å². The van der Waals surface area contributed by atoms with Gasteiger partial charge >= 0.3 is 0 Å². The first-order valence-electron chi connectivity index (χ1n) is 4.53. The third-order valence-corrected chi connectivity index (χ3v) is 2.83. The van der Waals surface area contributed by atoms with Crippen LogP contribution in [-0.4, -0.2) is 9.55 Å². The first kappa shape index (κ1) is 9.27. The molecule has 1 unspecified atom stereocenters. The Morgan fingerprint density at radius 3 is 3.00 bits per heavy atom. The molecule has 2 heterocycles. The van der Waals surface area contributed by atoms with Crippen LogP contribution in [0.5, 0.6) is 0 Å². The molecule has 3 nitrogen and oxygen atoms in total. The lowest BCUT2D eigenvalue weighted by Crippen LogP contribution is -2.11. The lowest BCUT2D eigenvalue weighted by atomic mass is 10.3. The van der Waals surface area contributed by atoms with E-state index in [0.29, 0.717) is 0 Å². The molecule has 0 aliphatic carbocycles. The maximum absolute atomic E-state index is 4.30. The Morgan fingerprint density at radius 2 is 2.43 bits per heavy atom. The molecule has 74 valence electrons. The summed E-state index contributed by atoms with van der Waals surface area (Å²) in [5.41, 5.74) is 1.16. The SMILES string of the molecule is CC(Nc1ccsc1)c1nccn1C. The van der Waals surface area contributed by atoms with Gasteiger partial charge in [-0.15, -0.1) is 0 Å². The predicted molar refractivity (Wildman–Crippen MR) is 59.6 cm³/mol. The average molecular weight is 207 g/mol. The molecule has 0 saturated carbocycles. The molecule has 2 aromatic heterocycles. The molecule has 0 bridgehead atoms. The van der Waals surface area contributed by atoms with E-state index in [2.05, 4.69) is 34.1 Å². The van der Waals surface area contributed by atoms with Gasteiger partial charge in [0.2, 0.25) is 0 Å². The van der Waals surface area contributed by atoms with Crippen molar-refractivity contribution in [1.82, 2.24) is 9.55 Å². The summed E-state index contributed by atoms with van der Waals surface area (Å²) >= 11 is 1.69. The second-order valence-corrected chi connectivity index (χ2v) is 4.05. The van der Waals surface area contributed by atoms with Gasteiger partial charge in [-0.05, 0) is 18.4 Å². The largest absolute Gasteiger partial charge is 0.375 e. The average Bonchev–Trinajstić information content (AvgIpc) is 2.75. The molecule has 1 atom stereocenters. The van der Waals surface area contributed by atoms with Gasteiger partial charge in [0.1, 0.15) is 5.82 Å². The minimum Gasteiger partial charge on any atom is -0.375 e. The minimum absolute atomic E-state index is 0.240. The molecule has 0 amide bonds. The van der Waals surface area contributed by atoms with Crippen LogP contribution in [-0.2, 0) is 7.05 Å². The minimum atomic E-state index is 0.240. The van der Waals surface area contributed by atoms with Gasteiger partial charge in [0.15, 0.2) is 0 Å². The highest BCUT2D eigenvalue weighted by molar-refractivity contribution is 7.08. The molecule has 0 radical (unpaired) electrons. The number of imidazole rings is 1. The quantitative estimate of drug-likeness (QED) is 0.838. The highest BCUT2D eigenvalue weighted by Crippen LogP contribution is 2.19. The highest BCUT2D eigenvalue weighted by Gasteiger charge is 2.09.